The van der Waals surface area contributed by atoms with Crippen LogP contribution in [0.1, 0.15) is 80.1 Å². The van der Waals surface area contributed by atoms with Gasteiger partial charge in [0.1, 0.15) is 53.6 Å². The Bertz CT molecular complexity index is 2020. The van der Waals surface area contributed by atoms with Crippen molar-refractivity contribution in [1.82, 2.24) is 25.5 Å². The van der Waals surface area contributed by atoms with E-state index in [4.69, 9.17) is 28.9 Å². The number of methoxy groups -OCH3 is 1. The van der Waals surface area contributed by atoms with Crippen molar-refractivity contribution in [3.63, 3.8) is 0 Å². The van der Waals surface area contributed by atoms with E-state index in [-0.39, 0.29) is 31.0 Å². The molecular weight excluding hydrogens is 765 g/mol. The maximum atomic E-state index is 14.7. The van der Waals surface area contributed by atoms with Crippen molar-refractivity contribution in [2.45, 2.75) is 116 Å². The van der Waals surface area contributed by atoms with Crippen LogP contribution < -0.4 is 25.4 Å². The molecule has 3 amide bonds. The van der Waals surface area contributed by atoms with Gasteiger partial charge in [-0.15, -0.1) is 11.3 Å². The molecular formula is C42H56N6O9S. The van der Waals surface area contributed by atoms with Gasteiger partial charge in [-0.2, -0.15) is 0 Å². The molecule has 4 aliphatic rings. The average molecular weight is 821 g/mol. The number of anilines is 1. The monoisotopic (exact) mass is 820 g/mol. The molecule has 4 N–H and O–H groups in total. The fourth-order valence-electron chi connectivity index (χ4n) is 8.46. The van der Waals surface area contributed by atoms with Crippen LogP contribution in [-0.4, -0.2) is 107 Å². The highest BCUT2D eigenvalue weighted by molar-refractivity contribution is 7.14. The second kappa shape index (κ2) is 16.5. The van der Waals surface area contributed by atoms with E-state index < -0.39 is 53.0 Å². The molecule has 314 valence electrons. The predicted octanol–water partition coefficient (Wildman–Crippen LogP) is 5.86. The zero-order valence-electron chi connectivity index (χ0n) is 34.3. The number of nitrogens with one attached hydrogen (secondary N) is 3. The molecule has 1 aromatic carbocycles. The van der Waals surface area contributed by atoms with Crippen molar-refractivity contribution in [1.29, 1.82) is 0 Å². The molecule has 2 aromatic heterocycles. The zero-order valence-corrected chi connectivity index (χ0v) is 35.1. The normalized spacial score (nSPS) is 26.5. The van der Waals surface area contributed by atoms with Gasteiger partial charge in [0.15, 0.2) is 5.13 Å². The quantitative estimate of drug-likeness (QED) is 0.126. The van der Waals surface area contributed by atoms with E-state index in [9.17, 15) is 24.3 Å². The highest BCUT2D eigenvalue weighted by atomic mass is 32.1. The van der Waals surface area contributed by atoms with Gasteiger partial charge in [0.05, 0.1) is 24.4 Å². The molecule has 58 heavy (non-hydrogen) atoms. The van der Waals surface area contributed by atoms with Crippen LogP contribution in [0, 0.1) is 23.2 Å². The van der Waals surface area contributed by atoms with Crippen molar-refractivity contribution < 1.29 is 43.2 Å². The van der Waals surface area contributed by atoms with Gasteiger partial charge in [-0.05, 0) is 74.8 Å². The summed E-state index contributed by atoms with van der Waals surface area (Å²) in [7, 11) is 1.61. The van der Waals surface area contributed by atoms with Crippen molar-refractivity contribution in [3.05, 3.63) is 29.6 Å². The first-order valence-electron chi connectivity index (χ1n) is 20.4. The number of amides is 3. The molecule has 1 saturated heterocycles. The van der Waals surface area contributed by atoms with Crippen LogP contribution in [0.3, 0.4) is 0 Å². The SMILES string of the molecule is CC[C@@H]1C[C@]1(NC(=O)[C@@H]1C[C@@H](Oc2cc(-c3csc(NC(C)C)n3)nc3cc(OCCOC)ccc23)CN1C(=O)[C@@H](NC(=O)OC1C[C@@H]2C[C@@H]2C1)C(C)(C)C)C(=O)O. The average Bonchev–Trinajstić information content (AvgIpc) is 3.83. The lowest BCUT2D eigenvalue weighted by Crippen LogP contribution is -2.59. The minimum atomic E-state index is -1.40. The first kappa shape index (κ1) is 41.5. The van der Waals surface area contributed by atoms with Crippen LogP contribution in [0.25, 0.3) is 22.3 Å². The Balaban J connectivity index is 1.19. The van der Waals surface area contributed by atoms with Crippen LogP contribution in [0.4, 0.5) is 9.93 Å². The minimum Gasteiger partial charge on any atom is -0.491 e. The lowest BCUT2D eigenvalue weighted by atomic mass is 9.85. The van der Waals surface area contributed by atoms with Crippen molar-refractivity contribution in [2.24, 2.45) is 23.2 Å². The summed E-state index contributed by atoms with van der Waals surface area (Å²) in [6.45, 7) is 12.2. The Kier molecular flexibility index (Phi) is 11.8. The maximum absolute atomic E-state index is 14.7. The summed E-state index contributed by atoms with van der Waals surface area (Å²) in [6, 6.07) is 5.35. The summed E-state index contributed by atoms with van der Waals surface area (Å²) >= 11 is 1.46. The van der Waals surface area contributed by atoms with Crippen molar-refractivity contribution in [2.75, 3.05) is 32.2 Å². The summed E-state index contributed by atoms with van der Waals surface area (Å²) in [5.41, 5.74) is -0.381. The van der Waals surface area contributed by atoms with Gasteiger partial charge in [0, 0.05) is 42.5 Å². The fourth-order valence-corrected chi connectivity index (χ4v) is 9.32. The highest BCUT2D eigenvalue weighted by Gasteiger charge is 2.61. The minimum absolute atomic E-state index is 0.00000991. The number of carbonyl (C=O) groups excluding carboxylic acids is 3. The lowest BCUT2D eigenvalue weighted by molar-refractivity contribution is -0.146. The summed E-state index contributed by atoms with van der Waals surface area (Å²) < 4.78 is 23.6. The molecule has 15 nitrogen and oxygen atoms in total. The first-order valence-corrected chi connectivity index (χ1v) is 21.2. The number of aromatic nitrogens is 2. The van der Waals surface area contributed by atoms with Gasteiger partial charge in [-0.25, -0.2) is 19.6 Å². The van der Waals surface area contributed by atoms with Gasteiger partial charge in [0.25, 0.3) is 0 Å². The molecule has 1 unspecified atom stereocenters. The van der Waals surface area contributed by atoms with Crippen molar-refractivity contribution >= 4 is 51.2 Å². The number of ether oxygens (including phenoxy) is 4. The molecule has 7 rings (SSSR count). The number of nitrogens with zero attached hydrogens (tertiary/aromatic N) is 3. The number of carboxylic acids is 1. The number of carbonyl (C=O) groups is 4. The van der Waals surface area contributed by atoms with E-state index >= 15 is 0 Å². The van der Waals surface area contributed by atoms with E-state index in [1.165, 1.54) is 22.7 Å². The van der Waals surface area contributed by atoms with E-state index in [0.717, 1.165) is 18.0 Å². The standard InChI is InChI=1S/C42H56N6O9S/c1-8-25-19-42(25,38(51)52)47-36(49)33-17-28(20-48(33)37(50)35(41(4,5)6)46-40(53)57-27-14-23-13-24(23)15-27)56-34-18-31(32-21-58-39(45-32)43-22(2)3)44-30-16-26(9-10-29(30)34)55-12-11-54-7/h9-10,16,18,21-25,27-28,33,35H,8,11-15,17,19-20H2,1-7H3,(H,43,45)(H,46,53)(H,47,49)(H,51,52)/t23-,24+,25-,27?,28-,33+,35-,42-/m1/s1. The molecule has 0 radical (unpaired) electrons. The van der Waals surface area contributed by atoms with Crippen LogP contribution >= 0.6 is 11.3 Å². The Labute approximate surface area is 342 Å². The summed E-state index contributed by atoms with van der Waals surface area (Å²) in [5, 5.41) is 22.5. The van der Waals surface area contributed by atoms with Crippen LogP contribution in [0.15, 0.2) is 29.6 Å². The molecule has 0 bridgehead atoms. The number of pyridine rings is 1. The number of aliphatic carboxylic acids is 1. The summed E-state index contributed by atoms with van der Waals surface area (Å²) in [4.78, 5) is 65.8. The molecule has 1 aliphatic heterocycles. The second-order valence-electron chi connectivity index (χ2n) is 17.6. The third-order valence-corrected chi connectivity index (χ3v) is 12.6. The number of fused-ring (bicyclic) bond motifs is 2. The predicted molar refractivity (Wildman–Crippen MR) is 218 cm³/mol. The zero-order chi connectivity index (χ0) is 41.5. The molecule has 3 heterocycles. The molecule has 8 atom stereocenters. The Hall–Kier alpha value is -4.70. The molecule has 4 fully saturated rings. The lowest BCUT2D eigenvalue weighted by Gasteiger charge is -2.35. The second-order valence-corrected chi connectivity index (χ2v) is 18.5. The van der Waals surface area contributed by atoms with Gasteiger partial charge < -0.3 is 44.9 Å². The molecule has 3 aromatic rings. The maximum Gasteiger partial charge on any atom is 0.408 e. The third kappa shape index (κ3) is 8.97. The Morgan fingerprint density at radius 3 is 2.43 bits per heavy atom. The molecule has 3 saturated carbocycles. The fraction of sp³-hybridized carbons (Fsp3) is 0.619. The molecule has 16 heteroatoms. The first-order chi connectivity index (χ1) is 27.6. The van der Waals surface area contributed by atoms with Gasteiger partial charge in [-0.3, -0.25) is 9.59 Å². The number of hydrogen-bond acceptors (Lipinski definition) is 12. The van der Waals surface area contributed by atoms with E-state index in [2.05, 4.69) is 16.0 Å². The summed E-state index contributed by atoms with van der Waals surface area (Å²) in [6.07, 6.45) is 2.25. The topological polar surface area (TPSA) is 191 Å². The number of carboxylic acid groups (broad SMARTS) is 1. The molecule has 3 aliphatic carbocycles. The van der Waals surface area contributed by atoms with Crippen LogP contribution in [-0.2, 0) is 23.9 Å². The van der Waals surface area contributed by atoms with E-state index in [0.29, 0.717) is 71.7 Å². The van der Waals surface area contributed by atoms with Crippen molar-refractivity contribution in [3.8, 4) is 22.9 Å². The summed E-state index contributed by atoms with van der Waals surface area (Å²) in [5.74, 6) is -0.114. The number of rotatable bonds is 16. The number of thiazole rings is 1. The smallest absolute Gasteiger partial charge is 0.408 e. The Morgan fingerprint density at radius 1 is 1.02 bits per heavy atom. The van der Waals surface area contributed by atoms with E-state index in [1.807, 2.05) is 65.1 Å². The Morgan fingerprint density at radius 2 is 1.78 bits per heavy atom. The third-order valence-electron chi connectivity index (χ3n) is 11.8. The van der Waals surface area contributed by atoms with Gasteiger partial charge >= 0.3 is 12.1 Å². The number of likely N-dealkylation sites (tertiary alicyclic amines) is 1. The highest BCUT2D eigenvalue weighted by Crippen LogP contribution is 2.52. The number of alkyl carbamates (subject to hydrolysis) is 1. The largest absolute Gasteiger partial charge is 0.491 e. The number of hydrogen-bond donors (Lipinski definition) is 4. The van der Waals surface area contributed by atoms with Gasteiger partial charge in [0.2, 0.25) is 11.8 Å². The van der Waals surface area contributed by atoms with Gasteiger partial charge in [-0.1, -0.05) is 34.1 Å². The van der Waals surface area contributed by atoms with E-state index in [1.54, 1.807) is 13.2 Å². The number of benzene rings is 1. The van der Waals surface area contributed by atoms with Crippen LogP contribution in [0.5, 0.6) is 11.5 Å². The molecule has 0 spiro atoms. The van der Waals surface area contributed by atoms with Crippen LogP contribution in [0.2, 0.25) is 0 Å².